The summed E-state index contributed by atoms with van der Waals surface area (Å²) in [7, 11) is 0. The fourth-order valence-corrected chi connectivity index (χ4v) is 2.23. The Hall–Kier alpha value is -2.60. The van der Waals surface area contributed by atoms with Crippen LogP contribution in [-0.4, -0.2) is 41.3 Å². The lowest BCUT2D eigenvalue weighted by molar-refractivity contribution is -0.140. The van der Waals surface area contributed by atoms with E-state index >= 15 is 0 Å². The van der Waals surface area contributed by atoms with Crippen LogP contribution in [0.15, 0.2) is 36.4 Å². The first-order valence-corrected chi connectivity index (χ1v) is 7.37. The molecule has 0 bridgehead atoms. The number of amides is 1. The molecule has 122 valence electrons. The molecule has 6 nitrogen and oxygen atoms in total. The van der Waals surface area contributed by atoms with Crippen molar-refractivity contribution in [2.24, 2.45) is 0 Å². The van der Waals surface area contributed by atoms with Gasteiger partial charge in [-0.2, -0.15) is 0 Å². The zero-order valence-corrected chi connectivity index (χ0v) is 12.8. The molecule has 0 aliphatic heterocycles. The van der Waals surface area contributed by atoms with Crippen molar-refractivity contribution < 1.29 is 24.5 Å². The molecule has 1 atom stereocenters. The van der Waals surface area contributed by atoms with Crippen LogP contribution in [0.5, 0.6) is 5.75 Å². The van der Waals surface area contributed by atoms with Crippen LogP contribution in [0.25, 0.3) is 10.8 Å². The third-order valence-corrected chi connectivity index (χ3v) is 3.37. The van der Waals surface area contributed by atoms with E-state index in [0.29, 0.717) is 17.7 Å². The molecule has 0 heterocycles. The molecule has 0 aliphatic rings. The number of aliphatic hydroxyl groups is 1. The van der Waals surface area contributed by atoms with Gasteiger partial charge in [0, 0.05) is 0 Å². The van der Waals surface area contributed by atoms with Gasteiger partial charge in [0.15, 0.2) is 6.04 Å². The molecule has 0 aliphatic carbocycles. The van der Waals surface area contributed by atoms with Gasteiger partial charge in [0.05, 0.1) is 18.8 Å². The fourth-order valence-electron chi connectivity index (χ4n) is 2.23. The van der Waals surface area contributed by atoms with E-state index in [1.807, 2.05) is 25.1 Å². The number of carbonyl (C=O) groups excluding carboxylic acids is 1. The summed E-state index contributed by atoms with van der Waals surface area (Å²) < 4.78 is 5.62. The van der Waals surface area contributed by atoms with Gasteiger partial charge in [-0.3, -0.25) is 4.79 Å². The number of ether oxygens (including phenoxy) is 1. The number of carboxylic acid groups (broad SMARTS) is 1. The minimum atomic E-state index is -1.36. The Balaban J connectivity index is 2.46. The van der Waals surface area contributed by atoms with Gasteiger partial charge in [-0.05, 0) is 23.3 Å². The molecule has 1 amide bonds. The van der Waals surface area contributed by atoms with E-state index in [2.05, 4.69) is 5.32 Å². The summed E-state index contributed by atoms with van der Waals surface area (Å²) in [5, 5.41) is 21.9. The first-order valence-electron chi connectivity index (χ1n) is 7.37. The van der Waals surface area contributed by atoms with Crippen molar-refractivity contribution in [3.63, 3.8) is 0 Å². The van der Waals surface area contributed by atoms with Crippen LogP contribution in [0.4, 0.5) is 0 Å². The number of hydrogen-bond donors (Lipinski definition) is 3. The second-order valence-electron chi connectivity index (χ2n) is 5.06. The molecule has 2 aromatic rings. The maximum Gasteiger partial charge on any atom is 0.328 e. The lowest BCUT2D eigenvalue weighted by atomic mass is 10.0. The van der Waals surface area contributed by atoms with Crippen LogP contribution < -0.4 is 10.1 Å². The Morgan fingerprint density at radius 1 is 1.22 bits per heavy atom. The molecule has 23 heavy (non-hydrogen) atoms. The fraction of sp³-hybridized carbons (Fsp3) is 0.294. The van der Waals surface area contributed by atoms with Gasteiger partial charge in [-0.25, -0.2) is 4.79 Å². The molecule has 0 saturated heterocycles. The van der Waals surface area contributed by atoms with Gasteiger partial charge < -0.3 is 20.3 Å². The number of carbonyl (C=O) groups is 2. The summed E-state index contributed by atoms with van der Waals surface area (Å²) >= 11 is 0. The van der Waals surface area contributed by atoms with E-state index in [1.54, 1.807) is 18.2 Å². The molecule has 2 aromatic carbocycles. The van der Waals surface area contributed by atoms with E-state index < -0.39 is 24.5 Å². The highest BCUT2D eigenvalue weighted by Gasteiger charge is 2.23. The second kappa shape index (κ2) is 7.60. The smallest absolute Gasteiger partial charge is 0.328 e. The summed E-state index contributed by atoms with van der Waals surface area (Å²) in [5.41, 5.74) is 0.274. The predicted molar refractivity (Wildman–Crippen MR) is 85.7 cm³/mol. The van der Waals surface area contributed by atoms with Gasteiger partial charge in [-0.15, -0.1) is 0 Å². The van der Waals surface area contributed by atoms with Crippen molar-refractivity contribution in [3.05, 3.63) is 42.0 Å². The molecule has 6 heteroatoms. The Bertz CT molecular complexity index is 713. The Labute approximate surface area is 133 Å². The summed E-state index contributed by atoms with van der Waals surface area (Å²) in [6.07, 6.45) is 0.780. The molecule has 0 radical (unpaired) electrons. The Kier molecular flexibility index (Phi) is 5.54. The largest absolute Gasteiger partial charge is 0.493 e. The number of aliphatic hydroxyl groups excluding tert-OH is 1. The standard InChI is InChI=1S/C17H19NO5/c1-2-9-23-14-8-7-11-5-3-4-6-12(11)15(14)16(20)18-13(10-19)17(21)22/h3-8,13,19H,2,9-10H2,1H3,(H,18,20)(H,21,22)/t13-/m0/s1. The number of aliphatic carboxylic acids is 1. The summed E-state index contributed by atoms with van der Waals surface area (Å²) in [4.78, 5) is 23.6. The zero-order valence-electron chi connectivity index (χ0n) is 12.8. The number of rotatable bonds is 7. The summed E-state index contributed by atoms with van der Waals surface area (Å²) in [5.74, 6) is -1.49. The monoisotopic (exact) mass is 317 g/mol. The second-order valence-corrected chi connectivity index (χ2v) is 5.06. The van der Waals surface area contributed by atoms with Crippen molar-refractivity contribution >= 4 is 22.6 Å². The average Bonchev–Trinajstić information content (AvgIpc) is 2.56. The molecule has 0 fully saturated rings. The number of benzene rings is 2. The Morgan fingerprint density at radius 2 is 1.96 bits per heavy atom. The van der Waals surface area contributed by atoms with Crippen molar-refractivity contribution in [2.75, 3.05) is 13.2 Å². The molecular formula is C17H19NO5. The molecule has 0 unspecified atom stereocenters. The molecule has 0 saturated carbocycles. The van der Waals surface area contributed by atoms with Crippen LogP contribution in [0.1, 0.15) is 23.7 Å². The number of fused-ring (bicyclic) bond motifs is 1. The highest BCUT2D eigenvalue weighted by atomic mass is 16.5. The van der Waals surface area contributed by atoms with Gasteiger partial charge in [0.2, 0.25) is 0 Å². The summed E-state index contributed by atoms with van der Waals surface area (Å²) in [6, 6.07) is 9.46. The number of carboxylic acids is 1. The maximum absolute atomic E-state index is 12.6. The Morgan fingerprint density at radius 3 is 2.61 bits per heavy atom. The highest BCUT2D eigenvalue weighted by molar-refractivity contribution is 6.10. The van der Waals surface area contributed by atoms with Crippen molar-refractivity contribution in [3.8, 4) is 5.75 Å². The maximum atomic E-state index is 12.6. The first kappa shape index (κ1) is 16.8. The molecule has 2 rings (SSSR count). The van der Waals surface area contributed by atoms with E-state index in [9.17, 15) is 9.59 Å². The van der Waals surface area contributed by atoms with Crippen LogP contribution in [0.3, 0.4) is 0 Å². The number of nitrogens with one attached hydrogen (secondary N) is 1. The molecule has 0 spiro atoms. The van der Waals surface area contributed by atoms with E-state index in [4.69, 9.17) is 14.9 Å². The van der Waals surface area contributed by atoms with Gasteiger partial charge in [0.25, 0.3) is 5.91 Å². The van der Waals surface area contributed by atoms with E-state index in [-0.39, 0.29) is 5.56 Å². The lowest BCUT2D eigenvalue weighted by Crippen LogP contribution is -2.43. The number of hydrogen-bond acceptors (Lipinski definition) is 4. The topological polar surface area (TPSA) is 95.9 Å². The third-order valence-electron chi connectivity index (χ3n) is 3.37. The minimum absolute atomic E-state index is 0.274. The van der Waals surface area contributed by atoms with E-state index in [1.165, 1.54) is 0 Å². The van der Waals surface area contributed by atoms with Gasteiger partial charge in [0.1, 0.15) is 5.75 Å². The van der Waals surface area contributed by atoms with Crippen LogP contribution >= 0.6 is 0 Å². The zero-order chi connectivity index (χ0) is 16.8. The molecule has 0 aromatic heterocycles. The van der Waals surface area contributed by atoms with Gasteiger partial charge >= 0.3 is 5.97 Å². The summed E-state index contributed by atoms with van der Waals surface area (Å²) in [6.45, 7) is 1.71. The molecular weight excluding hydrogens is 298 g/mol. The van der Waals surface area contributed by atoms with Crippen molar-refractivity contribution in [1.82, 2.24) is 5.32 Å². The third kappa shape index (κ3) is 3.78. The first-order chi connectivity index (χ1) is 11.1. The highest BCUT2D eigenvalue weighted by Crippen LogP contribution is 2.28. The van der Waals surface area contributed by atoms with E-state index in [0.717, 1.165) is 11.8 Å². The van der Waals surface area contributed by atoms with Crippen molar-refractivity contribution in [1.29, 1.82) is 0 Å². The van der Waals surface area contributed by atoms with Crippen LogP contribution in [0, 0.1) is 0 Å². The van der Waals surface area contributed by atoms with Gasteiger partial charge in [-0.1, -0.05) is 37.3 Å². The van der Waals surface area contributed by atoms with Crippen molar-refractivity contribution in [2.45, 2.75) is 19.4 Å². The lowest BCUT2D eigenvalue weighted by Gasteiger charge is -2.16. The normalized spacial score (nSPS) is 11.9. The molecule has 3 N–H and O–H groups in total. The van der Waals surface area contributed by atoms with Crippen LogP contribution in [-0.2, 0) is 4.79 Å². The average molecular weight is 317 g/mol. The minimum Gasteiger partial charge on any atom is -0.493 e. The predicted octanol–water partition coefficient (Wildman–Crippen LogP) is 1.80. The quantitative estimate of drug-likeness (QED) is 0.724. The van der Waals surface area contributed by atoms with Crippen LogP contribution in [0.2, 0.25) is 0 Å². The SMILES string of the molecule is CCCOc1ccc2ccccc2c1C(=O)N[C@@H](CO)C(=O)O.